The second-order valence-corrected chi connectivity index (χ2v) is 7.32. The minimum absolute atomic E-state index is 0.222. The van der Waals surface area contributed by atoms with Crippen LogP contribution in [0.5, 0.6) is 0 Å². The minimum Gasteiger partial charge on any atom is -0.480 e. The van der Waals surface area contributed by atoms with E-state index < -0.39 is 5.97 Å². The lowest BCUT2D eigenvalue weighted by Gasteiger charge is -2.40. The first-order chi connectivity index (χ1) is 9.99. The molecule has 0 aromatic carbocycles. The standard InChI is InChI=1S/C17H32N2O2/c1-13(2)6-7-14(3)18-11-8-15(9-12-18)19-10-4-5-16(19)17(20)21/h13-16H,4-12H2,1-3H3,(H,20,21). The third kappa shape index (κ3) is 4.43. The molecule has 0 spiro atoms. The Morgan fingerprint density at radius 2 is 1.76 bits per heavy atom. The molecule has 0 aromatic rings. The van der Waals surface area contributed by atoms with E-state index in [2.05, 4.69) is 30.6 Å². The first kappa shape index (κ1) is 16.8. The van der Waals surface area contributed by atoms with E-state index in [4.69, 9.17) is 0 Å². The number of hydrogen-bond acceptors (Lipinski definition) is 3. The Balaban J connectivity index is 1.79. The molecule has 4 nitrogen and oxygen atoms in total. The third-order valence-electron chi connectivity index (χ3n) is 5.33. The van der Waals surface area contributed by atoms with Crippen LogP contribution in [0.3, 0.4) is 0 Å². The zero-order chi connectivity index (χ0) is 15.4. The Kier molecular flexibility index (Phi) is 6.06. The van der Waals surface area contributed by atoms with Crippen LogP contribution in [0.4, 0.5) is 0 Å². The van der Waals surface area contributed by atoms with Crippen LogP contribution in [0.15, 0.2) is 0 Å². The van der Waals surface area contributed by atoms with Crippen LogP contribution in [-0.4, -0.2) is 58.6 Å². The Morgan fingerprint density at radius 3 is 2.33 bits per heavy atom. The lowest BCUT2D eigenvalue weighted by Crippen LogP contribution is -2.50. The molecule has 2 heterocycles. The molecule has 21 heavy (non-hydrogen) atoms. The normalized spacial score (nSPS) is 27.3. The highest BCUT2D eigenvalue weighted by atomic mass is 16.4. The Bertz CT molecular complexity index is 338. The Morgan fingerprint density at radius 1 is 1.10 bits per heavy atom. The molecule has 0 amide bonds. The van der Waals surface area contributed by atoms with Crippen LogP contribution < -0.4 is 0 Å². The SMILES string of the molecule is CC(C)CCC(C)N1CCC(N2CCCC2C(=O)O)CC1. The smallest absolute Gasteiger partial charge is 0.320 e. The van der Waals surface area contributed by atoms with Gasteiger partial charge < -0.3 is 10.0 Å². The maximum Gasteiger partial charge on any atom is 0.320 e. The average molecular weight is 296 g/mol. The van der Waals surface area contributed by atoms with Gasteiger partial charge in [0, 0.05) is 12.1 Å². The van der Waals surface area contributed by atoms with Crippen LogP contribution >= 0.6 is 0 Å². The van der Waals surface area contributed by atoms with Gasteiger partial charge in [0.1, 0.15) is 6.04 Å². The maximum atomic E-state index is 11.3. The molecular weight excluding hydrogens is 264 g/mol. The van der Waals surface area contributed by atoms with E-state index in [9.17, 15) is 9.90 Å². The second kappa shape index (κ2) is 7.59. The molecule has 4 heteroatoms. The van der Waals surface area contributed by atoms with Crippen molar-refractivity contribution in [2.45, 2.75) is 77.4 Å². The van der Waals surface area contributed by atoms with Crippen LogP contribution in [-0.2, 0) is 4.79 Å². The summed E-state index contributed by atoms with van der Waals surface area (Å²) >= 11 is 0. The van der Waals surface area contributed by atoms with E-state index in [1.807, 2.05) is 0 Å². The summed E-state index contributed by atoms with van der Waals surface area (Å²) < 4.78 is 0. The van der Waals surface area contributed by atoms with Crippen LogP contribution in [0.2, 0.25) is 0 Å². The quantitative estimate of drug-likeness (QED) is 0.818. The lowest BCUT2D eigenvalue weighted by atomic mass is 9.98. The molecule has 0 radical (unpaired) electrons. The van der Waals surface area contributed by atoms with Gasteiger partial charge in [0.05, 0.1) is 0 Å². The summed E-state index contributed by atoms with van der Waals surface area (Å²) in [5, 5.41) is 9.32. The van der Waals surface area contributed by atoms with Gasteiger partial charge in [-0.1, -0.05) is 13.8 Å². The van der Waals surface area contributed by atoms with Gasteiger partial charge in [0.15, 0.2) is 0 Å². The number of likely N-dealkylation sites (tertiary alicyclic amines) is 2. The predicted molar refractivity (Wildman–Crippen MR) is 85.5 cm³/mol. The molecule has 0 aliphatic carbocycles. The monoisotopic (exact) mass is 296 g/mol. The number of hydrogen-bond donors (Lipinski definition) is 1. The third-order valence-corrected chi connectivity index (χ3v) is 5.33. The van der Waals surface area contributed by atoms with Gasteiger partial charge in [-0.2, -0.15) is 0 Å². The van der Waals surface area contributed by atoms with E-state index in [1.165, 1.54) is 12.8 Å². The van der Waals surface area contributed by atoms with Crippen LogP contribution in [0.1, 0.15) is 59.3 Å². The second-order valence-electron chi connectivity index (χ2n) is 7.32. The van der Waals surface area contributed by atoms with Gasteiger partial charge in [-0.15, -0.1) is 0 Å². The lowest BCUT2D eigenvalue weighted by molar-refractivity contribution is -0.143. The predicted octanol–water partition coefficient (Wildman–Crippen LogP) is 2.82. The number of carbonyl (C=O) groups is 1. The Hall–Kier alpha value is -0.610. The highest BCUT2D eigenvalue weighted by molar-refractivity contribution is 5.73. The first-order valence-electron chi connectivity index (χ1n) is 8.71. The highest BCUT2D eigenvalue weighted by Crippen LogP contribution is 2.27. The van der Waals surface area contributed by atoms with Crippen molar-refractivity contribution in [1.82, 2.24) is 9.80 Å². The van der Waals surface area contributed by atoms with Gasteiger partial charge in [-0.05, 0) is 71.0 Å². The largest absolute Gasteiger partial charge is 0.480 e. The molecule has 0 aromatic heterocycles. The summed E-state index contributed by atoms with van der Waals surface area (Å²) in [5.41, 5.74) is 0. The summed E-state index contributed by atoms with van der Waals surface area (Å²) in [6.07, 6.45) is 6.73. The molecule has 2 aliphatic heterocycles. The van der Waals surface area contributed by atoms with Gasteiger partial charge in [-0.3, -0.25) is 9.69 Å². The fraction of sp³-hybridized carbons (Fsp3) is 0.941. The molecule has 0 saturated carbocycles. The van der Waals surface area contributed by atoms with Gasteiger partial charge in [0.2, 0.25) is 0 Å². The molecule has 0 bridgehead atoms. The fourth-order valence-corrected chi connectivity index (χ4v) is 3.91. The number of aliphatic carboxylic acids is 1. The van der Waals surface area contributed by atoms with Crippen molar-refractivity contribution < 1.29 is 9.90 Å². The molecule has 2 fully saturated rings. The number of carboxylic acid groups (broad SMARTS) is 1. The van der Waals surface area contributed by atoms with Gasteiger partial charge in [-0.25, -0.2) is 0 Å². The first-order valence-corrected chi connectivity index (χ1v) is 8.71. The van der Waals surface area contributed by atoms with Gasteiger partial charge >= 0.3 is 5.97 Å². The van der Waals surface area contributed by atoms with Crippen molar-refractivity contribution in [2.75, 3.05) is 19.6 Å². The number of nitrogens with zero attached hydrogens (tertiary/aromatic N) is 2. The van der Waals surface area contributed by atoms with Crippen molar-refractivity contribution in [3.63, 3.8) is 0 Å². The van der Waals surface area contributed by atoms with E-state index in [-0.39, 0.29) is 6.04 Å². The molecule has 1 N–H and O–H groups in total. The number of rotatable bonds is 6. The molecule has 2 rings (SSSR count). The van der Waals surface area contributed by atoms with E-state index in [0.29, 0.717) is 12.1 Å². The topological polar surface area (TPSA) is 43.8 Å². The van der Waals surface area contributed by atoms with E-state index in [0.717, 1.165) is 51.2 Å². The van der Waals surface area contributed by atoms with Crippen molar-refractivity contribution in [1.29, 1.82) is 0 Å². The minimum atomic E-state index is -0.625. The van der Waals surface area contributed by atoms with Crippen molar-refractivity contribution in [3.8, 4) is 0 Å². The molecule has 2 aliphatic rings. The maximum absolute atomic E-state index is 11.3. The van der Waals surface area contributed by atoms with Crippen molar-refractivity contribution in [3.05, 3.63) is 0 Å². The zero-order valence-corrected chi connectivity index (χ0v) is 13.9. The molecule has 2 unspecified atom stereocenters. The van der Waals surface area contributed by atoms with E-state index in [1.54, 1.807) is 0 Å². The summed E-state index contributed by atoms with van der Waals surface area (Å²) in [6.45, 7) is 10.2. The van der Waals surface area contributed by atoms with Crippen molar-refractivity contribution in [2.24, 2.45) is 5.92 Å². The summed E-state index contributed by atoms with van der Waals surface area (Å²) in [7, 11) is 0. The molecule has 2 saturated heterocycles. The fourth-order valence-electron chi connectivity index (χ4n) is 3.91. The summed E-state index contributed by atoms with van der Waals surface area (Å²) in [6, 6.07) is 0.935. The Labute approximate surface area is 129 Å². The van der Waals surface area contributed by atoms with Crippen LogP contribution in [0.25, 0.3) is 0 Å². The highest BCUT2D eigenvalue weighted by Gasteiger charge is 2.36. The molecular formula is C17H32N2O2. The average Bonchev–Trinajstić information content (AvgIpc) is 2.94. The van der Waals surface area contributed by atoms with Crippen molar-refractivity contribution >= 4 is 5.97 Å². The zero-order valence-electron chi connectivity index (χ0n) is 13.9. The molecule has 122 valence electrons. The summed E-state index contributed by atoms with van der Waals surface area (Å²) in [5.74, 6) is 0.158. The van der Waals surface area contributed by atoms with E-state index >= 15 is 0 Å². The molecule has 2 atom stereocenters. The number of piperidine rings is 1. The summed E-state index contributed by atoms with van der Waals surface area (Å²) in [4.78, 5) is 16.2. The van der Waals surface area contributed by atoms with Crippen LogP contribution in [0, 0.1) is 5.92 Å². The number of carboxylic acids is 1. The van der Waals surface area contributed by atoms with Gasteiger partial charge in [0.25, 0.3) is 0 Å².